The first-order chi connectivity index (χ1) is 6.42. The summed E-state index contributed by atoms with van der Waals surface area (Å²) in [5, 5.41) is 11.2. The molecule has 0 aliphatic heterocycles. The molecule has 2 heterocycles. The third-order valence-corrected chi connectivity index (χ3v) is 1.86. The van der Waals surface area contributed by atoms with E-state index in [0.29, 0.717) is 0 Å². The van der Waals surface area contributed by atoms with Crippen molar-refractivity contribution >= 4 is 11.0 Å². The molecule has 5 nitrogen and oxygen atoms in total. The zero-order valence-electron chi connectivity index (χ0n) is 7.41. The molecular weight excluding hydrogens is 166 g/mol. The summed E-state index contributed by atoms with van der Waals surface area (Å²) < 4.78 is 0. The minimum atomic E-state index is 0.725. The van der Waals surface area contributed by atoms with Gasteiger partial charge in [0.1, 0.15) is 6.33 Å². The van der Waals surface area contributed by atoms with Gasteiger partial charge in [0.2, 0.25) is 0 Å². The van der Waals surface area contributed by atoms with E-state index < -0.39 is 0 Å². The summed E-state index contributed by atoms with van der Waals surface area (Å²) in [6.07, 6.45) is 3.28. The van der Waals surface area contributed by atoms with Crippen molar-refractivity contribution in [2.75, 3.05) is 6.54 Å². The van der Waals surface area contributed by atoms with Crippen LogP contribution < -0.4 is 5.32 Å². The molecule has 0 fully saturated rings. The number of hydrogen-bond donors (Lipinski definition) is 2. The molecule has 0 bridgehead atoms. The monoisotopic (exact) mass is 177 g/mol. The van der Waals surface area contributed by atoms with E-state index in [1.807, 2.05) is 0 Å². The van der Waals surface area contributed by atoms with Crippen molar-refractivity contribution in [1.29, 1.82) is 0 Å². The number of H-pyrrole nitrogens is 1. The van der Waals surface area contributed by atoms with Crippen LogP contribution >= 0.6 is 0 Å². The molecule has 2 rings (SSSR count). The minimum Gasteiger partial charge on any atom is -0.311 e. The Hall–Kier alpha value is -1.49. The fraction of sp³-hybridized carbons (Fsp3) is 0.375. The summed E-state index contributed by atoms with van der Waals surface area (Å²) in [6.45, 7) is 3.78. The topological polar surface area (TPSA) is 66.5 Å². The van der Waals surface area contributed by atoms with Crippen molar-refractivity contribution in [2.45, 2.75) is 13.5 Å². The standard InChI is InChI=1S/C8H11N5/c1-2-9-4-7-6-3-10-5-11-8(6)13-12-7/h3,5,9H,2,4H2,1H3,(H,10,11,12,13). The number of fused-ring (bicyclic) bond motifs is 1. The molecule has 0 aromatic carbocycles. The molecule has 0 spiro atoms. The molecule has 5 heteroatoms. The van der Waals surface area contributed by atoms with Crippen molar-refractivity contribution in [2.24, 2.45) is 0 Å². The Kier molecular flexibility index (Phi) is 2.18. The van der Waals surface area contributed by atoms with Crippen molar-refractivity contribution in [3.05, 3.63) is 18.2 Å². The summed E-state index contributed by atoms with van der Waals surface area (Å²) in [5.74, 6) is 0. The summed E-state index contributed by atoms with van der Waals surface area (Å²) in [5.41, 5.74) is 1.76. The van der Waals surface area contributed by atoms with Gasteiger partial charge in [-0.05, 0) is 6.54 Å². The van der Waals surface area contributed by atoms with Gasteiger partial charge in [0.25, 0.3) is 0 Å². The Morgan fingerprint density at radius 3 is 3.31 bits per heavy atom. The Bertz CT molecular complexity index is 394. The number of aromatic nitrogens is 4. The molecule has 2 aromatic heterocycles. The average molecular weight is 177 g/mol. The molecule has 0 aliphatic rings. The van der Waals surface area contributed by atoms with Crippen molar-refractivity contribution in [3.8, 4) is 0 Å². The lowest BCUT2D eigenvalue weighted by atomic mass is 10.3. The van der Waals surface area contributed by atoms with Crippen LogP contribution in [0.2, 0.25) is 0 Å². The van der Waals surface area contributed by atoms with E-state index in [0.717, 1.165) is 29.8 Å². The Morgan fingerprint density at radius 2 is 2.46 bits per heavy atom. The number of nitrogens with zero attached hydrogens (tertiary/aromatic N) is 3. The molecule has 0 saturated heterocycles. The predicted molar refractivity (Wildman–Crippen MR) is 49.1 cm³/mol. The second-order valence-electron chi connectivity index (χ2n) is 2.74. The van der Waals surface area contributed by atoms with E-state index in [1.54, 1.807) is 6.20 Å². The van der Waals surface area contributed by atoms with Gasteiger partial charge in [0, 0.05) is 12.7 Å². The molecular formula is C8H11N5. The maximum atomic E-state index is 4.06. The fourth-order valence-electron chi connectivity index (χ4n) is 1.19. The van der Waals surface area contributed by atoms with E-state index >= 15 is 0 Å². The van der Waals surface area contributed by atoms with Gasteiger partial charge < -0.3 is 5.32 Å². The fourth-order valence-corrected chi connectivity index (χ4v) is 1.19. The molecule has 0 atom stereocenters. The van der Waals surface area contributed by atoms with Gasteiger partial charge >= 0.3 is 0 Å². The number of rotatable bonds is 3. The summed E-state index contributed by atoms with van der Waals surface area (Å²) in [6, 6.07) is 0. The average Bonchev–Trinajstić information content (AvgIpc) is 2.58. The van der Waals surface area contributed by atoms with Crippen molar-refractivity contribution < 1.29 is 0 Å². The lowest BCUT2D eigenvalue weighted by molar-refractivity contribution is 0.711. The first-order valence-electron chi connectivity index (χ1n) is 4.25. The van der Waals surface area contributed by atoms with Crippen LogP contribution in [0.4, 0.5) is 0 Å². The first kappa shape index (κ1) is 8.12. The van der Waals surface area contributed by atoms with Crippen LogP contribution in [-0.2, 0) is 6.54 Å². The van der Waals surface area contributed by atoms with Gasteiger partial charge in [-0.1, -0.05) is 6.92 Å². The van der Waals surface area contributed by atoms with E-state index in [9.17, 15) is 0 Å². The van der Waals surface area contributed by atoms with Crippen LogP contribution in [0.25, 0.3) is 11.0 Å². The van der Waals surface area contributed by atoms with Crippen LogP contribution in [-0.4, -0.2) is 26.7 Å². The summed E-state index contributed by atoms with van der Waals surface area (Å²) in [4.78, 5) is 7.98. The molecule has 0 saturated carbocycles. The van der Waals surface area contributed by atoms with Crippen LogP contribution in [0.3, 0.4) is 0 Å². The highest BCUT2D eigenvalue weighted by Gasteiger charge is 2.03. The molecule has 0 radical (unpaired) electrons. The molecule has 0 aliphatic carbocycles. The minimum absolute atomic E-state index is 0.725. The van der Waals surface area contributed by atoms with Crippen molar-refractivity contribution in [3.63, 3.8) is 0 Å². The maximum absolute atomic E-state index is 4.06. The lowest BCUT2D eigenvalue weighted by Crippen LogP contribution is -2.12. The van der Waals surface area contributed by atoms with Gasteiger partial charge in [-0.2, -0.15) is 5.10 Å². The Morgan fingerprint density at radius 1 is 1.54 bits per heavy atom. The highest BCUT2D eigenvalue weighted by Crippen LogP contribution is 2.10. The molecule has 0 amide bonds. The Labute approximate surface area is 75.6 Å². The largest absolute Gasteiger partial charge is 0.311 e. The van der Waals surface area contributed by atoms with Gasteiger partial charge in [0.15, 0.2) is 5.65 Å². The van der Waals surface area contributed by atoms with E-state index in [-0.39, 0.29) is 0 Å². The highest BCUT2D eigenvalue weighted by molar-refractivity contribution is 5.76. The second kappa shape index (κ2) is 3.49. The SMILES string of the molecule is CCNCc1[nH]nc2ncncc12. The normalized spacial score (nSPS) is 10.8. The molecule has 68 valence electrons. The zero-order chi connectivity index (χ0) is 9.10. The van der Waals surface area contributed by atoms with E-state index in [2.05, 4.69) is 32.4 Å². The van der Waals surface area contributed by atoms with Crippen LogP contribution in [0, 0.1) is 0 Å². The molecule has 0 unspecified atom stereocenters. The number of aromatic amines is 1. The lowest BCUT2D eigenvalue weighted by Gasteiger charge is -1.97. The van der Waals surface area contributed by atoms with Gasteiger partial charge in [-0.25, -0.2) is 9.97 Å². The van der Waals surface area contributed by atoms with Crippen LogP contribution in [0.5, 0.6) is 0 Å². The summed E-state index contributed by atoms with van der Waals surface area (Å²) in [7, 11) is 0. The van der Waals surface area contributed by atoms with Gasteiger partial charge in [-0.15, -0.1) is 0 Å². The molecule has 13 heavy (non-hydrogen) atoms. The maximum Gasteiger partial charge on any atom is 0.184 e. The predicted octanol–water partition coefficient (Wildman–Crippen LogP) is 0.462. The van der Waals surface area contributed by atoms with Crippen LogP contribution in [0.1, 0.15) is 12.6 Å². The van der Waals surface area contributed by atoms with Crippen molar-refractivity contribution in [1.82, 2.24) is 25.5 Å². The van der Waals surface area contributed by atoms with Crippen LogP contribution in [0.15, 0.2) is 12.5 Å². The van der Waals surface area contributed by atoms with E-state index in [1.165, 1.54) is 6.33 Å². The third kappa shape index (κ3) is 1.50. The molecule has 2 aromatic rings. The first-order valence-corrected chi connectivity index (χ1v) is 4.25. The summed E-state index contributed by atoms with van der Waals surface area (Å²) >= 11 is 0. The second-order valence-corrected chi connectivity index (χ2v) is 2.74. The highest BCUT2D eigenvalue weighted by atomic mass is 15.2. The zero-order valence-corrected chi connectivity index (χ0v) is 7.41. The number of nitrogens with one attached hydrogen (secondary N) is 2. The number of hydrogen-bond acceptors (Lipinski definition) is 4. The van der Waals surface area contributed by atoms with Gasteiger partial charge in [0.05, 0.1) is 11.1 Å². The van der Waals surface area contributed by atoms with E-state index in [4.69, 9.17) is 0 Å². The Balaban J connectivity index is 2.35. The van der Waals surface area contributed by atoms with Gasteiger partial charge in [-0.3, -0.25) is 5.10 Å². The smallest absolute Gasteiger partial charge is 0.184 e. The third-order valence-electron chi connectivity index (χ3n) is 1.86. The quantitative estimate of drug-likeness (QED) is 0.714. The molecule has 2 N–H and O–H groups in total.